The molecule has 2 nitrogen and oxygen atoms in total. The van der Waals surface area contributed by atoms with E-state index in [0.717, 1.165) is 13.1 Å². The van der Waals surface area contributed by atoms with E-state index in [1.165, 1.54) is 11.3 Å². The molecule has 0 aromatic heterocycles. The lowest BCUT2D eigenvalue weighted by Gasteiger charge is -2.23. The third-order valence-electron chi connectivity index (χ3n) is 2.50. The second kappa shape index (κ2) is 3.04. The van der Waals surface area contributed by atoms with Crippen LogP contribution >= 0.6 is 0 Å². The van der Waals surface area contributed by atoms with E-state index < -0.39 is 0 Å². The molecule has 0 saturated carbocycles. The van der Waals surface area contributed by atoms with Crippen molar-refractivity contribution in [3.8, 4) is 0 Å². The highest BCUT2D eigenvalue weighted by Gasteiger charge is 2.20. The van der Waals surface area contributed by atoms with Gasteiger partial charge >= 0.3 is 0 Å². The molecule has 2 heteroatoms. The Morgan fingerprint density at radius 2 is 2.00 bits per heavy atom. The summed E-state index contributed by atoms with van der Waals surface area (Å²) in [5.41, 5.74) is 2.80. The Bertz CT molecular complexity index is 276. The summed E-state index contributed by atoms with van der Waals surface area (Å²) in [6.45, 7) is 6.36. The van der Waals surface area contributed by atoms with Crippen LogP contribution in [0.4, 0.5) is 5.69 Å². The molecule has 0 saturated heterocycles. The molecule has 2 rings (SSSR count). The fourth-order valence-corrected chi connectivity index (χ4v) is 1.56. The topological polar surface area (TPSA) is 24.1 Å². The Labute approximate surface area is 79.4 Å². The van der Waals surface area contributed by atoms with Crippen LogP contribution in [0.1, 0.15) is 19.4 Å². The zero-order valence-electron chi connectivity index (χ0n) is 8.22. The predicted molar refractivity (Wildman–Crippen MR) is 55.9 cm³/mol. The van der Waals surface area contributed by atoms with E-state index in [1.54, 1.807) is 0 Å². The first-order valence-electron chi connectivity index (χ1n) is 4.74. The van der Waals surface area contributed by atoms with Crippen molar-refractivity contribution < 1.29 is 0 Å². The molecule has 0 fully saturated rings. The standard InChI is InChI=1S/C11H16N2/c1-11(2)8-12-10-6-4-3-5-9(10)7-13-11/h3-6,12-13H,7-8H2,1-2H3. The van der Waals surface area contributed by atoms with Gasteiger partial charge in [-0.15, -0.1) is 0 Å². The van der Waals surface area contributed by atoms with Gasteiger partial charge in [-0.05, 0) is 25.5 Å². The molecule has 70 valence electrons. The lowest BCUT2D eigenvalue weighted by atomic mass is 10.1. The maximum atomic E-state index is 3.51. The summed E-state index contributed by atoms with van der Waals surface area (Å²) in [4.78, 5) is 0. The number of rotatable bonds is 0. The molecule has 1 aromatic carbocycles. The first kappa shape index (κ1) is 8.57. The Morgan fingerprint density at radius 1 is 1.23 bits per heavy atom. The second-order valence-corrected chi connectivity index (χ2v) is 4.25. The third-order valence-corrected chi connectivity index (χ3v) is 2.50. The molecule has 0 spiro atoms. The Hall–Kier alpha value is -1.02. The monoisotopic (exact) mass is 176 g/mol. The van der Waals surface area contributed by atoms with Crippen LogP contribution in [0.5, 0.6) is 0 Å². The molecule has 1 aliphatic heterocycles. The third kappa shape index (κ3) is 1.83. The van der Waals surface area contributed by atoms with Crippen molar-refractivity contribution in [1.82, 2.24) is 5.32 Å². The lowest BCUT2D eigenvalue weighted by Crippen LogP contribution is -2.42. The van der Waals surface area contributed by atoms with Gasteiger partial charge in [0.25, 0.3) is 0 Å². The Morgan fingerprint density at radius 3 is 2.85 bits per heavy atom. The highest BCUT2D eigenvalue weighted by atomic mass is 15.0. The van der Waals surface area contributed by atoms with Crippen molar-refractivity contribution in [1.29, 1.82) is 0 Å². The van der Waals surface area contributed by atoms with Gasteiger partial charge in [-0.3, -0.25) is 0 Å². The van der Waals surface area contributed by atoms with E-state index in [-0.39, 0.29) is 5.54 Å². The summed E-state index contributed by atoms with van der Waals surface area (Å²) in [5.74, 6) is 0. The second-order valence-electron chi connectivity index (χ2n) is 4.25. The Balaban J connectivity index is 2.27. The number of para-hydroxylation sites is 1. The minimum absolute atomic E-state index is 0.180. The maximum absolute atomic E-state index is 3.51. The highest BCUT2D eigenvalue weighted by Crippen LogP contribution is 2.20. The van der Waals surface area contributed by atoms with E-state index >= 15 is 0 Å². The molecule has 0 radical (unpaired) electrons. The normalized spacial score (nSPS) is 19.8. The lowest BCUT2D eigenvalue weighted by molar-refractivity contribution is 0.415. The first-order chi connectivity index (χ1) is 6.17. The summed E-state index contributed by atoms with van der Waals surface area (Å²) in [6, 6.07) is 8.46. The quantitative estimate of drug-likeness (QED) is 0.631. The summed E-state index contributed by atoms with van der Waals surface area (Å²) in [7, 11) is 0. The number of hydrogen-bond acceptors (Lipinski definition) is 2. The summed E-state index contributed by atoms with van der Waals surface area (Å²) < 4.78 is 0. The molecule has 1 aromatic rings. The van der Waals surface area contributed by atoms with Crippen LogP contribution < -0.4 is 10.6 Å². The van der Waals surface area contributed by atoms with Gasteiger partial charge in [-0.2, -0.15) is 0 Å². The van der Waals surface area contributed by atoms with E-state index in [0.29, 0.717) is 0 Å². The van der Waals surface area contributed by atoms with Crippen molar-refractivity contribution in [2.45, 2.75) is 25.9 Å². The zero-order valence-corrected chi connectivity index (χ0v) is 8.22. The van der Waals surface area contributed by atoms with Gasteiger partial charge < -0.3 is 10.6 Å². The van der Waals surface area contributed by atoms with Gasteiger partial charge in [0.05, 0.1) is 0 Å². The number of nitrogens with one attached hydrogen (secondary N) is 2. The van der Waals surface area contributed by atoms with Gasteiger partial charge in [0, 0.05) is 24.3 Å². The fourth-order valence-electron chi connectivity index (χ4n) is 1.56. The number of hydrogen-bond donors (Lipinski definition) is 2. The first-order valence-corrected chi connectivity index (χ1v) is 4.74. The van der Waals surface area contributed by atoms with E-state index in [9.17, 15) is 0 Å². The van der Waals surface area contributed by atoms with Gasteiger partial charge in [0.1, 0.15) is 0 Å². The van der Waals surface area contributed by atoms with Crippen LogP contribution in [0.3, 0.4) is 0 Å². The van der Waals surface area contributed by atoms with Crippen molar-refractivity contribution in [3.63, 3.8) is 0 Å². The van der Waals surface area contributed by atoms with Crippen LogP contribution in [-0.2, 0) is 6.54 Å². The largest absolute Gasteiger partial charge is 0.383 e. The van der Waals surface area contributed by atoms with Crippen LogP contribution in [0.15, 0.2) is 24.3 Å². The average molecular weight is 176 g/mol. The number of fused-ring (bicyclic) bond motifs is 1. The summed E-state index contributed by atoms with van der Waals surface area (Å²) >= 11 is 0. The van der Waals surface area contributed by atoms with E-state index in [2.05, 4.69) is 48.7 Å². The van der Waals surface area contributed by atoms with Crippen molar-refractivity contribution in [2.24, 2.45) is 0 Å². The average Bonchev–Trinajstić information content (AvgIpc) is 2.27. The maximum Gasteiger partial charge on any atom is 0.0386 e. The molecule has 0 unspecified atom stereocenters. The van der Waals surface area contributed by atoms with E-state index in [4.69, 9.17) is 0 Å². The Kier molecular flexibility index (Phi) is 2.00. The van der Waals surface area contributed by atoms with Crippen LogP contribution in [0.25, 0.3) is 0 Å². The zero-order chi connectivity index (χ0) is 9.31. The van der Waals surface area contributed by atoms with Gasteiger partial charge in [-0.25, -0.2) is 0 Å². The molecular weight excluding hydrogens is 160 g/mol. The molecule has 2 N–H and O–H groups in total. The molecule has 0 aliphatic carbocycles. The minimum Gasteiger partial charge on any atom is -0.383 e. The van der Waals surface area contributed by atoms with Crippen molar-refractivity contribution in [2.75, 3.05) is 11.9 Å². The van der Waals surface area contributed by atoms with Crippen molar-refractivity contribution >= 4 is 5.69 Å². The molecule has 0 atom stereocenters. The SMILES string of the molecule is CC1(C)CNc2ccccc2CN1. The minimum atomic E-state index is 0.180. The van der Waals surface area contributed by atoms with E-state index in [1.807, 2.05) is 0 Å². The van der Waals surface area contributed by atoms with Crippen LogP contribution in [0.2, 0.25) is 0 Å². The predicted octanol–water partition coefficient (Wildman–Crippen LogP) is 1.98. The van der Waals surface area contributed by atoms with Crippen LogP contribution in [0, 0.1) is 0 Å². The number of benzene rings is 1. The fraction of sp³-hybridized carbons (Fsp3) is 0.455. The van der Waals surface area contributed by atoms with Crippen LogP contribution in [-0.4, -0.2) is 12.1 Å². The molecule has 0 bridgehead atoms. The van der Waals surface area contributed by atoms with Gasteiger partial charge in [-0.1, -0.05) is 18.2 Å². The molecule has 13 heavy (non-hydrogen) atoms. The molecule has 1 heterocycles. The van der Waals surface area contributed by atoms with Gasteiger partial charge in [0.2, 0.25) is 0 Å². The molecule has 0 amide bonds. The molecular formula is C11H16N2. The summed E-state index contributed by atoms with van der Waals surface area (Å²) in [6.07, 6.45) is 0. The molecule has 1 aliphatic rings. The summed E-state index contributed by atoms with van der Waals surface area (Å²) in [5, 5.41) is 6.97. The smallest absolute Gasteiger partial charge is 0.0386 e. The highest BCUT2D eigenvalue weighted by molar-refractivity contribution is 5.52. The van der Waals surface area contributed by atoms with Gasteiger partial charge in [0.15, 0.2) is 0 Å². The van der Waals surface area contributed by atoms with Crippen molar-refractivity contribution in [3.05, 3.63) is 29.8 Å². The number of anilines is 1.